The van der Waals surface area contributed by atoms with Gasteiger partial charge in [-0.1, -0.05) is 63.2 Å². The highest BCUT2D eigenvalue weighted by Crippen LogP contribution is 2.27. The van der Waals surface area contributed by atoms with E-state index in [2.05, 4.69) is 20.8 Å². The lowest BCUT2D eigenvalue weighted by Crippen LogP contribution is -2.15. The summed E-state index contributed by atoms with van der Waals surface area (Å²) in [7, 11) is 0. The average molecular weight is 326 g/mol. The number of hydrogen-bond donors (Lipinski definition) is 1. The fourth-order valence-corrected chi connectivity index (χ4v) is 2.62. The number of para-hydroxylation sites is 1. The average Bonchev–Trinajstić information content (AvgIpc) is 2.58. The lowest BCUT2D eigenvalue weighted by atomic mass is 9.91. The molecule has 0 aromatic heterocycles. The van der Waals surface area contributed by atoms with E-state index in [0.29, 0.717) is 18.9 Å². The summed E-state index contributed by atoms with van der Waals surface area (Å²) in [5, 5.41) is 9.68. The number of carbonyl (C=O) groups is 1. The third-order valence-corrected chi connectivity index (χ3v) is 4.06. The van der Waals surface area contributed by atoms with Gasteiger partial charge in [0.1, 0.15) is 5.75 Å². The number of carboxylic acids is 1. The zero-order valence-corrected chi connectivity index (χ0v) is 14.7. The minimum atomic E-state index is -0.807. The van der Waals surface area contributed by atoms with Crippen molar-refractivity contribution in [3.8, 4) is 5.75 Å². The SMILES string of the molecule is CCc1ccc(C(Cc2ccccc2OCC(C)C)C(=O)O)cc1. The van der Waals surface area contributed by atoms with Gasteiger partial charge in [0.05, 0.1) is 12.5 Å². The second-order valence-electron chi connectivity index (χ2n) is 6.50. The Balaban J connectivity index is 2.23. The van der Waals surface area contributed by atoms with E-state index in [-0.39, 0.29) is 0 Å². The highest BCUT2D eigenvalue weighted by atomic mass is 16.5. The maximum Gasteiger partial charge on any atom is 0.311 e. The van der Waals surface area contributed by atoms with Crippen molar-refractivity contribution in [2.45, 2.75) is 39.5 Å². The fraction of sp³-hybridized carbons (Fsp3) is 0.381. The van der Waals surface area contributed by atoms with Gasteiger partial charge in [0.2, 0.25) is 0 Å². The number of aliphatic carboxylic acids is 1. The summed E-state index contributed by atoms with van der Waals surface area (Å²) in [5.74, 6) is -0.171. The van der Waals surface area contributed by atoms with Gasteiger partial charge in [-0.05, 0) is 41.5 Å². The highest BCUT2D eigenvalue weighted by molar-refractivity contribution is 5.76. The quantitative estimate of drug-likeness (QED) is 0.765. The van der Waals surface area contributed by atoms with Crippen LogP contribution in [-0.4, -0.2) is 17.7 Å². The van der Waals surface area contributed by atoms with E-state index in [9.17, 15) is 9.90 Å². The van der Waals surface area contributed by atoms with Crippen LogP contribution in [0.4, 0.5) is 0 Å². The summed E-state index contributed by atoms with van der Waals surface area (Å²) in [4.78, 5) is 11.8. The zero-order chi connectivity index (χ0) is 17.5. The second-order valence-corrected chi connectivity index (χ2v) is 6.50. The van der Waals surface area contributed by atoms with Gasteiger partial charge in [-0.15, -0.1) is 0 Å². The molecule has 0 aliphatic carbocycles. The van der Waals surface area contributed by atoms with Crippen molar-refractivity contribution in [3.05, 3.63) is 65.2 Å². The van der Waals surface area contributed by atoms with Crippen LogP contribution >= 0.6 is 0 Å². The number of rotatable bonds is 8. The van der Waals surface area contributed by atoms with Gasteiger partial charge in [-0.2, -0.15) is 0 Å². The molecule has 0 bridgehead atoms. The van der Waals surface area contributed by atoms with Gasteiger partial charge in [-0.25, -0.2) is 0 Å². The number of ether oxygens (including phenoxy) is 1. The smallest absolute Gasteiger partial charge is 0.311 e. The summed E-state index contributed by atoms with van der Waals surface area (Å²) >= 11 is 0. The van der Waals surface area contributed by atoms with Crippen molar-refractivity contribution >= 4 is 5.97 Å². The summed E-state index contributed by atoms with van der Waals surface area (Å²) < 4.78 is 5.86. The largest absolute Gasteiger partial charge is 0.493 e. The molecule has 2 aromatic carbocycles. The summed E-state index contributed by atoms with van der Waals surface area (Å²) in [6.45, 7) is 6.90. The van der Waals surface area contributed by atoms with Crippen molar-refractivity contribution in [3.63, 3.8) is 0 Å². The molecular formula is C21H26O3. The number of aryl methyl sites for hydroxylation is 1. The van der Waals surface area contributed by atoms with Crippen molar-refractivity contribution in [2.24, 2.45) is 5.92 Å². The molecule has 2 aromatic rings. The first-order valence-corrected chi connectivity index (χ1v) is 8.53. The minimum Gasteiger partial charge on any atom is -0.493 e. The van der Waals surface area contributed by atoms with E-state index in [4.69, 9.17) is 4.74 Å². The molecule has 1 N–H and O–H groups in total. The molecular weight excluding hydrogens is 300 g/mol. The monoisotopic (exact) mass is 326 g/mol. The molecule has 0 amide bonds. The first-order chi connectivity index (χ1) is 11.5. The highest BCUT2D eigenvalue weighted by Gasteiger charge is 2.22. The van der Waals surface area contributed by atoms with Crippen LogP contribution in [0, 0.1) is 5.92 Å². The Bertz CT molecular complexity index is 659. The molecule has 0 saturated heterocycles. The van der Waals surface area contributed by atoms with Gasteiger partial charge >= 0.3 is 5.97 Å². The van der Waals surface area contributed by atoms with Gasteiger partial charge in [0, 0.05) is 0 Å². The third-order valence-electron chi connectivity index (χ3n) is 4.06. The Morgan fingerprint density at radius 3 is 2.33 bits per heavy atom. The van der Waals surface area contributed by atoms with Gasteiger partial charge in [-0.3, -0.25) is 4.79 Å². The molecule has 0 heterocycles. The van der Waals surface area contributed by atoms with Crippen LogP contribution in [0.5, 0.6) is 5.75 Å². The van der Waals surface area contributed by atoms with E-state index >= 15 is 0 Å². The van der Waals surface area contributed by atoms with Gasteiger partial charge in [0.25, 0.3) is 0 Å². The first-order valence-electron chi connectivity index (χ1n) is 8.53. The topological polar surface area (TPSA) is 46.5 Å². The summed E-state index contributed by atoms with van der Waals surface area (Å²) in [5.41, 5.74) is 2.98. The Morgan fingerprint density at radius 1 is 1.08 bits per heavy atom. The van der Waals surface area contributed by atoms with Gasteiger partial charge < -0.3 is 9.84 Å². The van der Waals surface area contributed by atoms with Gasteiger partial charge in [0.15, 0.2) is 0 Å². The lowest BCUT2D eigenvalue weighted by Gasteiger charge is -2.17. The third kappa shape index (κ3) is 4.85. The van der Waals surface area contributed by atoms with Crippen molar-refractivity contribution in [2.75, 3.05) is 6.61 Å². The fourth-order valence-electron chi connectivity index (χ4n) is 2.62. The maximum atomic E-state index is 11.8. The first kappa shape index (κ1) is 18.1. The molecule has 3 nitrogen and oxygen atoms in total. The standard InChI is InChI=1S/C21H26O3/c1-4-16-9-11-17(12-10-16)19(21(22)23)13-18-7-5-6-8-20(18)24-14-15(2)3/h5-12,15,19H,4,13-14H2,1-3H3,(H,22,23). The summed E-state index contributed by atoms with van der Waals surface area (Å²) in [6, 6.07) is 15.6. The molecule has 0 saturated carbocycles. The molecule has 0 spiro atoms. The van der Waals surface area contributed by atoms with Crippen LogP contribution < -0.4 is 4.74 Å². The summed E-state index contributed by atoms with van der Waals surface area (Å²) in [6.07, 6.45) is 1.37. The van der Waals surface area contributed by atoms with E-state index in [0.717, 1.165) is 23.3 Å². The Morgan fingerprint density at radius 2 is 1.75 bits per heavy atom. The van der Waals surface area contributed by atoms with E-state index in [1.54, 1.807) is 0 Å². The van der Waals surface area contributed by atoms with E-state index in [1.165, 1.54) is 5.56 Å². The molecule has 0 fully saturated rings. The van der Waals surface area contributed by atoms with Crippen LogP contribution in [0.3, 0.4) is 0 Å². The zero-order valence-electron chi connectivity index (χ0n) is 14.7. The lowest BCUT2D eigenvalue weighted by molar-refractivity contribution is -0.138. The maximum absolute atomic E-state index is 11.8. The van der Waals surface area contributed by atoms with Crippen LogP contribution in [0.2, 0.25) is 0 Å². The predicted molar refractivity (Wildman–Crippen MR) is 96.7 cm³/mol. The molecule has 1 unspecified atom stereocenters. The molecule has 24 heavy (non-hydrogen) atoms. The molecule has 128 valence electrons. The van der Waals surface area contributed by atoms with Crippen LogP contribution in [0.1, 0.15) is 43.4 Å². The molecule has 3 heteroatoms. The Kier molecular flexibility index (Phi) is 6.42. The van der Waals surface area contributed by atoms with E-state index in [1.807, 2.05) is 48.5 Å². The number of carboxylic acid groups (broad SMARTS) is 1. The van der Waals surface area contributed by atoms with Crippen molar-refractivity contribution in [1.82, 2.24) is 0 Å². The van der Waals surface area contributed by atoms with Crippen LogP contribution in [0.15, 0.2) is 48.5 Å². The molecule has 0 radical (unpaired) electrons. The van der Waals surface area contributed by atoms with Crippen LogP contribution in [-0.2, 0) is 17.6 Å². The van der Waals surface area contributed by atoms with Crippen LogP contribution in [0.25, 0.3) is 0 Å². The van der Waals surface area contributed by atoms with E-state index < -0.39 is 11.9 Å². The Labute approximate surface area is 144 Å². The second kappa shape index (κ2) is 8.53. The molecule has 2 rings (SSSR count). The normalized spacial score (nSPS) is 12.2. The van der Waals surface area contributed by atoms with Crippen molar-refractivity contribution < 1.29 is 14.6 Å². The molecule has 1 atom stereocenters. The minimum absolute atomic E-state index is 0.426. The number of benzene rings is 2. The Hall–Kier alpha value is -2.29. The van der Waals surface area contributed by atoms with Crippen molar-refractivity contribution in [1.29, 1.82) is 0 Å². The predicted octanol–water partition coefficient (Wildman–Crippen LogP) is 4.69. The molecule has 0 aliphatic rings. The molecule has 0 aliphatic heterocycles. The number of hydrogen-bond acceptors (Lipinski definition) is 2.